The van der Waals surface area contributed by atoms with E-state index in [1.54, 1.807) is 0 Å². The average molecular weight is 226 g/mol. The molecule has 0 radical (unpaired) electrons. The summed E-state index contributed by atoms with van der Waals surface area (Å²) in [7, 11) is 0. The van der Waals surface area contributed by atoms with E-state index in [1.165, 1.54) is 0 Å². The van der Waals surface area contributed by atoms with Crippen LogP contribution in [0.4, 0.5) is 0 Å². The first-order valence-corrected chi connectivity index (χ1v) is 5.24. The minimum Gasteiger partial charge on any atom is -0.197 e. The summed E-state index contributed by atoms with van der Waals surface area (Å²) in [6, 6.07) is 13.6. The molecule has 0 saturated carbocycles. The third-order valence-electron chi connectivity index (χ3n) is 2.24. The van der Waals surface area contributed by atoms with E-state index in [-0.39, 0.29) is 6.42 Å². The van der Waals surface area contributed by atoms with Crippen LogP contribution in [0, 0.1) is 23.2 Å². The van der Waals surface area contributed by atoms with Crippen LogP contribution in [0.2, 0.25) is 5.02 Å². The highest BCUT2D eigenvalue weighted by Crippen LogP contribution is 2.26. The number of fused-ring (bicyclic) bond motifs is 1. The normalized spacial score (nSPS) is 9.25. The van der Waals surface area contributed by atoms with Crippen molar-refractivity contribution in [2.45, 2.75) is 6.42 Å². The fraction of sp³-hybridized carbons (Fsp3) is 0.0714. The number of nitriles is 1. The molecule has 2 rings (SSSR count). The van der Waals surface area contributed by atoms with Gasteiger partial charge in [0.1, 0.15) is 0 Å². The zero-order valence-corrected chi connectivity index (χ0v) is 9.25. The van der Waals surface area contributed by atoms with Gasteiger partial charge in [-0.2, -0.15) is 5.26 Å². The third-order valence-corrected chi connectivity index (χ3v) is 2.56. The fourth-order valence-electron chi connectivity index (χ4n) is 1.58. The Labute approximate surface area is 99.3 Å². The van der Waals surface area contributed by atoms with E-state index >= 15 is 0 Å². The molecule has 0 amide bonds. The van der Waals surface area contributed by atoms with E-state index < -0.39 is 0 Å². The lowest BCUT2D eigenvalue weighted by molar-refractivity contribution is 1.40. The van der Waals surface area contributed by atoms with E-state index in [2.05, 4.69) is 11.8 Å². The Bertz CT molecular complexity index is 621. The second kappa shape index (κ2) is 4.71. The molecule has 0 N–H and O–H groups in total. The van der Waals surface area contributed by atoms with Crippen molar-refractivity contribution in [3.05, 3.63) is 47.0 Å². The van der Waals surface area contributed by atoms with Crippen LogP contribution < -0.4 is 0 Å². The molecule has 0 aliphatic rings. The van der Waals surface area contributed by atoms with Gasteiger partial charge in [-0.05, 0) is 17.5 Å². The molecule has 0 heterocycles. The maximum absolute atomic E-state index is 8.43. The van der Waals surface area contributed by atoms with Crippen LogP contribution in [-0.2, 0) is 0 Å². The Kier molecular flexibility index (Phi) is 3.10. The number of halogens is 1. The number of hydrogen-bond acceptors (Lipinski definition) is 1. The van der Waals surface area contributed by atoms with Gasteiger partial charge >= 0.3 is 0 Å². The zero-order chi connectivity index (χ0) is 11.4. The minimum atomic E-state index is 0.237. The first kappa shape index (κ1) is 10.6. The smallest absolute Gasteiger partial charge is 0.0966 e. The molecule has 1 nitrogen and oxygen atoms in total. The summed E-state index contributed by atoms with van der Waals surface area (Å²) in [4.78, 5) is 0. The molecular formula is C14H8ClN. The Morgan fingerprint density at radius 2 is 1.88 bits per heavy atom. The largest absolute Gasteiger partial charge is 0.197 e. The van der Waals surface area contributed by atoms with Crippen LogP contribution in [0.15, 0.2) is 36.4 Å². The van der Waals surface area contributed by atoms with Gasteiger partial charge in [0.05, 0.1) is 12.5 Å². The van der Waals surface area contributed by atoms with Crippen molar-refractivity contribution in [1.29, 1.82) is 5.26 Å². The lowest BCUT2D eigenvalue weighted by Gasteiger charge is -2.02. The van der Waals surface area contributed by atoms with Crippen molar-refractivity contribution in [3.63, 3.8) is 0 Å². The van der Waals surface area contributed by atoms with Gasteiger partial charge in [0.25, 0.3) is 0 Å². The summed E-state index contributed by atoms with van der Waals surface area (Å²) in [5, 5.41) is 11.1. The molecule has 0 spiro atoms. The van der Waals surface area contributed by atoms with Crippen molar-refractivity contribution >= 4 is 22.4 Å². The highest BCUT2D eigenvalue weighted by molar-refractivity contribution is 6.36. The first-order chi connectivity index (χ1) is 7.83. The standard InChI is InChI=1S/C14H8ClN/c15-13-9-4-8-12-7-3-6-11(14(12)13)5-1-2-10-16/h3-4,6-9H,2H2. The van der Waals surface area contributed by atoms with Crippen LogP contribution in [0.1, 0.15) is 12.0 Å². The number of benzene rings is 2. The summed E-state index contributed by atoms with van der Waals surface area (Å²) in [6.07, 6.45) is 0.237. The van der Waals surface area contributed by atoms with Gasteiger partial charge in [0, 0.05) is 16.0 Å². The lowest BCUT2D eigenvalue weighted by atomic mass is 10.0. The van der Waals surface area contributed by atoms with Crippen LogP contribution in [0.25, 0.3) is 10.8 Å². The van der Waals surface area contributed by atoms with Crippen molar-refractivity contribution in [2.24, 2.45) is 0 Å². The number of hydrogen-bond donors (Lipinski definition) is 0. The highest BCUT2D eigenvalue weighted by atomic mass is 35.5. The fourth-order valence-corrected chi connectivity index (χ4v) is 1.86. The molecule has 0 unspecified atom stereocenters. The summed E-state index contributed by atoms with van der Waals surface area (Å²) >= 11 is 6.14. The van der Waals surface area contributed by atoms with Crippen LogP contribution in [0.3, 0.4) is 0 Å². The Balaban J connectivity index is 2.64. The zero-order valence-electron chi connectivity index (χ0n) is 8.50. The Morgan fingerprint density at radius 1 is 1.12 bits per heavy atom. The Morgan fingerprint density at radius 3 is 2.62 bits per heavy atom. The molecule has 0 aliphatic carbocycles. The maximum Gasteiger partial charge on any atom is 0.0966 e. The van der Waals surface area contributed by atoms with Crippen LogP contribution in [-0.4, -0.2) is 0 Å². The number of nitrogens with zero attached hydrogens (tertiary/aromatic N) is 1. The molecule has 16 heavy (non-hydrogen) atoms. The monoisotopic (exact) mass is 225 g/mol. The molecule has 0 atom stereocenters. The molecule has 2 heteroatoms. The first-order valence-electron chi connectivity index (χ1n) is 4.86. The van der Waals surface area contributed by atoms with E-state index in [0.29, 0.717) is 5.02 Å². The average Bonchev–Trinajstić information content (AvgIpc) is 2.30. The van der Waals surface area contributed by atoms with Gasteiger partial charge in [-0.15, -0.1) is 0 Å². The van der Waals surface area contributed by atoms with Gasteiger partial charge in [-0.25, -0.2) is 0 Å². The quantitative estimate of drug-likeness (QED) is 0.627. The van der Waals surface area contributed by atoms with Gasteiger partial charge in [0.15, 0.2) is 0 Å². The summed E-state index contributed by atoms with van der Waals surface area (Å²) in [5.41, 5.74) is 0.873. The predicted octanol–water partition coefficient (Wildman–Crippen LogP) is 3.76. The van der Waals surface area contributed by atoms with Crippen molar-refractivity contribution in [3.8, 4) is 17.9 Å². The summed E-state index contributed by atoms with van der Waals surface area (Å²) in [6.45, 7) is 0. The van der Waals surface area contributed by atoms with Crippen molar-refractivity contribution < 1.29 is 0 Å². The minimum absolute atomic E-state index is 0.237. The van der Waals surface area contributed by atoms with E-state index in [4.69, 9.17) is 16.9 Å². The van der Waals surface area contributed by atoms with Gasteiger partial charge in [-0.3, -0.25) is 0 Å². The molecular weight excluding hydrogens is 218 g/mol. The van der Waals surface area contributed by atoms with E-state index in [9.17, 15) is 0 Å². The molecule has 2 aromatic rings. The molecule has 76 valence electrons. The molecule has 0 aromatic heterocycles. The SMILES string of the molecule is N#CCC#Cc1cccc2cccc(Cl)c12. The second-order valence-electron chi connectivity index (χ2n) is 3.28. The topological polar surface area (TPSA) is 23.8 Å². The van der Waals surface area contributed by atoms with E-state index in [0.717, 1.165) is 16.3 Å². The molecule has 2 aromatic carbocycles. The molecule has 0 bridgehead atoms. The highest BCUT2D eigenvalue weighted by Gasteiger charge is 2.01. The van der Waals surface area contributed by atoms with Crippen LogP contribution in [0.5, 0.6) is 0 Å². The van der Waals surface area contributed by atoms with E-state index in [1.807, 2.05) is 42.5 Å². The molecule has 0 saturated heterocycles. The van der Waals surface area contributed by atoms with Gasteiger partial charge < -0.3 is 0 Å². The Hall–Kier alpha value is -1.96. The third kappa shape index (κ3) is 2.01. The summed E-state index contributed by atoms with van der Waals surface area (Å²) in [5.74, 6) is 5.77. The summed E-state index contributed by atoms with van der Waals surface area (Å²) < 4.78 is 0. The number of rotatable bonds is 0. The predicted molar refractivity (Wildman–Crippen MR) is 66.1 cm³/mol. The van der Waals surface area contributed by atoms with Crippen molar-refractivity contribution in [1.82, 2.24) is 0 Å². The molecule has 0 aliphatic heterocycles. The van der Waals surface area contributed by atoms with Gasteiger partial charge in [0.2, 0.25) is 0 Å². The lowest BCUT2D eigenvalue weighted by Crippen LogP contribution is -1.80. The van der Waals surface area contributed by atoms with Gasteiger partial charge in [-0.1, -0.05) is 47.7 Å². The second-order valence-corrected chi connectivity index (χ2v) is 3.69. The van der Waals surface area contributed by atoms with Crippen molar-refractivity contribution in [2.75, 3.05) is 0 Å². The molecule has 0 fully saturated rings. The maximum atomic E-state index is 8.43. The van der Waals surface area contributed by atoms with Crippen LogP contribution >= 0.6 is 11.6 Å².